The van der Waals surface area contributed by atoms with Gasteiger partial charge in [-0.25, -0.2) is 4.39 Å². The topological polar surface area (TPSA) is 43.1 Å². The van der Waals surface area contributed by atoms with Crippen LogP contribution in [0.4, 0.5) is 4.39 Å². The maximum Gasteiger partial charge on any atom is 0.247 e. The predicted molar refractivity (Wildman–Crippen MR) is 65.6 cm³/mol. The molecule has 0 saturated carbocycles. The van der Waals surface area contributed by atoms with E-state index >= 15 is 0 Å². The Morgan fingerprint density at radius 3 is 2.71 bits per heavy atom. The molecule has 0 amide bonds. The van der Waals surface area contributed by atoms with Crippen molar-refractivity contribution in [3.63, 3.8) is 0 Å². The number of hydrogen-bond donors (Lipinski definition) is 0. The van der Waals surface area contributed by atoms with Crippen LogP contribution in [-0.4, -0.2) is 4.92 Å². The van der Waals surface area contributed by atoms with Gasteiger partial charge in [-0.2, -0.15) is 0 Å². The average Bonchev–Trinajstić information content (AvgIpc) is 2.21. The van der Waals surface area contributed by atoms with E-state index in [0.29, 0.717) is 12.0 Å². The second-order valence-corrected chi connectivity index (χ2v) is 4.49. The van der Waals surface area contributed by atoms with Crippen LogP contribution in [0.25, 0.3) is 6.08 Å². The Morgan fingerprint density at radius 1 is 1.53 bits per heavy atom. The van der Waals surface area contributed by atoms with Crippen LogP contribution in [0.15, 0.2) is 23.9 Å². The summed E-state index contributed by atoms with van der Waals surface area (Å²) in [7, 11) is 0. The molecule has 0 aliphatic carbocycles. The first-order valence-corrected chi connectivity index (χ1v) is 5.51. The van der Waals surface area contributed by atoms with Crippen LogP contribution < -0.4 is 0 Å². The first kappa shape index (κ1) is 13.4. The van der Waals surface area contributed by atoms with Gasteiger partial charge in [0.05, 0.1) is 4.92 Å². The normalized spacial score (nSPS) is 11.9. The fourth-order valence-corrected chi connectivity index (χ4v) is 1.55. The van der Waals surface area contributed by atoms with Gasteiger partial charge in [0.15, 0.2) is 0 Å². The van der Waals surface area contributed by atoms with E-state index in [4.69, 9.17) is 0 Å². The summed E-state index contributed by atoms with van der Waals surface area (Å²) in [5, 5.41) is 10.9. The van der Waals surface area contributed by atoms with E-state index in [1.807, 2.05) is 13.8 Å². The van der Waals surface area contributed by atoms with Crippen molar-refractivity contribution in [1.29, 1.82) is 0 Å². The van der Waals surface area contributed by atoms with Crippen LogP contribution in [0.3, 0.4) is 0 Å². The molecule has 0 saturated heterocycles. The maximum atomic E-state index is 13.1. The average molecular weight is 237 g/mol. The second kappa shape index (κ2) is 5.57. The number of aryl methyl sites for hydroxylation is 1. The predicted octanol–water partition coefficient (Wildman–Crippen LogP) is 3.80. The Hall–Kier alpha value is -1.71. The molecule has 0 bridgehead atoms. The lowest BCUT2D eigenvalue weighted by Gasteiger charge is -2.04. The molecule has 0 unspecified atom stereocenters. The summed E-state index contributed by atoms with van der Waals surface area (Å²) in [4.78, 5) is 10.5. The molecule has 3 nitrogen and oxygen atoms in total. The van der Waals surface area contributed by atoms with Crippen molar-refractivity contribution in [2.45, 2.75) is 27.2 Å². The largest absolute Gasteiger partial charge is 0.259 e. The van der Waals surface area contributed by atoms with Crippen molar-refractivity contribution in [3.05, 3.63) is 51.0 Å². The number of hydrogen-bond acceptors (Lipinski definition) is 2. The molecule has 1 aromatic carbocycles. The fraction of sp³-hybridized carbons (Fsp3) is 0.385. The lowest BCUT2D eigenvalue weighted by atomic mass is 10.0. The Balaban J connectivity index is 3.12. The van der Waals surface area contributed by atoms with Crippen LogP contribution in [0.1, 0.15) is 31.4 Å². The number of nitro groups is 1. The quantitative estimate of drug-likeness (QED) is 0.590. The molecule has 0 fully saturated rings. The molecule has 4 heteroatoms. The summed E-state index contributed by atoms with van der Waals surface area (Å²) in [6.07, 6.45) is 1.83. The molecule has 0 spiro atoms. The highest BCUT2D eigenvalue weighted by Crippen LogP contribution is 2.18. The van der Waals surface area contributed by atoms with Gasteiger partial charge in [0, 0.05) is 12.5 Å². The Labute approximate surface area is 100 Å². The van der Waals surface area contributed by atoms with E-state index in [0.717, 1.165) is 5.56 Å². The van der Waals surface area contributed by atoms with Gasteiger partial charge in [-0.3, -0.25) is 10.1 Å². The van der Waals surface area contributed by atoms with Crippen LogP contribution in [0.2, 0.25) is 0 Å². The van der Waals surface area contributed by atoms with Crippen molar-refractivity contribution < 1.29 is 9.31 Å². The van der Waals surface area contributed by atoms with Crippen molar-refractivity contribution in [2.75, 3.05) is 0 Å². The molecule has 0 heterocycles. The van der Waals surface area contributed by atoms with Crippen LogP contribution in [0.5, 0.6) is 0 Å². The van der Waals surface area contributed by atoms with Gasteiger partial charge in [-0.15, -0.1) is 0 Å². The molecule has 0 N–H and O–H groups in total. The summed E-state index contributed by atoms with van der Waals surface area (Å²) in [6, 6.07) is 4.29. The lowest BCUT2D eigenvalue weighted by Crippen LogP contribution is -2.02. The van der Waals surface area contributed by atoms with E-state index in [2.05, 4.69) is 0 Å². The molecule has 0 atom stereocenters. The molecule has 92 valence electrons. The molecule has 1 aromatic rings. The molecule has 0 aliphatic heterocycles. The Morgan fingerprint density at radius 2 is 2.18 bits per heavy atom. The van der Waals surface area contributed by atoms with Gasteiger partial charge in [-0.1, -0.05) is 19.9 Å². The Kier molecular flexibility index (Phi) is 4.37. The number of allylic oxidation sites excluding steroid dienone is 1. The maximum absolute atomic E-state index is 13.1. The first-order valence-electron chi connectivity index (χ1n) is 5.51. The first-order chi connectivity index (χ1) is 7.90. The molecule has 0 aliphatic rings. The standard InChI is InChI=1S/C13H16FNO2/c1-9(2)6-13(15(16)17)8-11-7-12(14)5-4-10(11)3/h4-5,7-9H,6H2,1-3H3/b13-8-. The molecular weight excluding hydrogens is 221 g/mol. The third kappa shape index (κ3) is 3.98. The SMILES string of the molecule is Cc1ccc(F)cc1/C=C(/CC(C)C)[N+](=O)[O-]. The highest BCUT2D eigenvalue weighted by atomic mass is 19.1. The van der Waals surface area contributed by atoms with E-state index in [9.17, 15) is 14.5 Å². The van der Waals surface area contributed by atoms with E-state index in [1.165, 1.54) is 18.2 Å². The van der Waals surface area contributed by atoms with Gasteiger partial charge in [-0.05, 0) is 36.1 Å². The molecule has 1 rings (SSSR count). The monoisotopic (exact) mass is 237 g/mol. The fourth-order valence-electron chi connectivity index (χ4n) is 1.55. The zero-order valence-electron chi connectivity index (χ0n) is 10.2. The van der Waals surface area contributed by atoms with Crippen molar-refractivity contribution >= 4 is 6.08 Å². The van der Waals surface area contributed by atoms with Crippen LogP contribution in [-0.2, 0) is 0 Å². The van der Waals surface area contributed by atoms with E-state index < -0.39 is 4.92 Å². The summed E-state index contributed by atoms with van der Waals surface area (Å²) >= 11 is 0. The minimum absolute atomic E-state index is 0.119. The van der Waals surface area contributed by atoms with Crippen molar-refractivity contribution in [3.8, 4) is 0 Å². The number of halogens is 1. The van der Waals surface area contributed by atoms with E-state index in [1.54, 1.807) is 13.0 Å². The van der Waals surface area contributed by atoms with E-state index in [-0.39, 0.29) is 17.4 Å². The van der Waals surface area contributed by atoms with Gasteiger partial charge in [0.1, 0.15) is 5.82 Å². The lowest BCUT2D eigenvalue weighted by molar-refractivity contribution is -0.427. The second-order valence-electron chi connectivity index (χ2n) is 4.49. The van der Waals surface area contributed by atoms with Crippen LogP contribution in [0, 0.1) is 28.8 Å². The highest BCUT2D eigenvalue weighted by molar-refractivity contribution is 5.55. The summed E-state index contributed by atoms with van der Waals surface area (Å²) < 4.78 is 13.1. The minimum atomic E-state index is -0.398. The van der Waals surface area contributed by atoms with Crippen LogP contribution >= 0.6 is 0 Å². The zero-order chi connectivity index (χ0) is 13.0. The van der Waals surface area contributed by atoms with Gasteiger partial charge >= 0.3 is 0 Å². The number of rotatable bonds is 4. The number of benzene rings is 1. The van der Waals surface area contributed by atoms with Crippen molar-refractivity contribution in [1.82, 2.24) is 0 Å². The zero-order valence-corrected chi connectivity index (χ0v) is 10.2. The van der Waals surface area contributed by atoms with Gasteiger partial charge in [0.25, 0.3) is 0 Å². The molecule has 17 heavy (non-hydrogen) atoms. The van der Waals surface area contributed by atoms with Gasteiger partial charge in [0.2, 0.25) is 5.70 Å². The van der Waals surface area contributed by atoms with Crippen molar-refractivity contribution in [2.24, 2.45) is 5.92 Å². The third-order valence-electron chi connectivity index (χ3n) is 2.42. The summed E-state index contributed by atoms with van der Waals surface area (Å²) in [6.45, 7) is 5.63. The van der Waals surface area contributed by atoms with Gasteiger partial charge < -0.3 is 0 Å². The highest BCUT2D eigenvalue weighted by Gasteiger charge is 2.13. The number of nitrogens with zero attached hydrogens (tertiary/aromatic N) is 1. The molecule has 0 aromatic heterocycles. The molecule has 0 radical (unpaired) electrons. The molecular formula is C13H16FNO2. The summed E-state index contributed by atoms with van der Waals surface area (Å²) in [5.41, 5.74) is 1.51. The summed E-state index contributed by atoms with van der Waals surface area (Å²) in [5.74, 6) is -0.186. The smallest absolute Gasteiger partial charge is 0.247 e. The minimum Gasteiger partial charge on any atom is -0.259 e. The Bertz CT molecular complexity index is 453. The third-order valence-corrected chi connectivity index (χ3v) is 2.42.